The second-order valence-electron chi connectivity index (χ2n) is 9.37. The largest absolute Gasteiger partial charge is 0.497 e. The van der Waals surface area contributed by atoms with Gasteiger partial charge < -0.3 is 14.5 Å². The maximum absolute atomic E-state index is 13.4. The summed E-state index contributed by atoms with van der Waals surface area (Å²) in [4.78, 5) is 18.2. The summed E-state index contributed by atoms with van der Waals surface area (Å²) in [6, 6.07) is 14.9. The molecule has 7 heteroatoms. The molecule has 1 amide bonds. The van der Waals surface area contributed by atoms with Crippen LogP contribution in [0.5, 0.6) is 5.75 Å². The highest BCUT2D eigenvalue weighted by atomic mass is 32.2. The SMILES string of the molecule is COc1ccc(CCN2CCC(N(CC3CC3)C(=O)c3ccc(S(C)(=O)=O)cc3)CC2)cc1. The lowest BCUT2D eigenvalue weighted by Gasteiger charge is -2.39. The Balaban J connectivity index is 1.34. The first-order valence-corrected chi connectivity index (χ1v) is 13.7. The van der Waals surface area contributed by atoms with E-state index < -0.39 is 9.84 Å². The summed E-state index contributed by atoms with van der Waals surface area (Å²) in [6.45, 7) is 3.80. The third kappa shape index (κ3) is 6.36. The zero-order chi connectivity index (χ0) is 23.4. The lowest BCUT2D eigenvalue weighted by atomic mass is 10.0. The molecule has 2 aromatic rings. The minimum absolute atomic E-state index is 0.0265. The number of ether oxygens (including phenoxy) is 1. The smallest absolute Gasteiger partial charge is 0.254 e. The van der Waals surface area contributed by atoms with E-state index in [1.165, 1.54) is 24.7 Å². The van der Waals surface area contributed by atoms with E-state index >= 15 is 0 Å². The molecule has 4 rings (SSSR count). The Kier molecular flexibility index (Phi) is 7.39. The Labute approximate surface area is 197 Å². The average Bonchev–Trinajstić information content (AvgIpc) is 3.65. The van der Waals surface area contributed by atoms with Crippen molar-refractivity contribution in [1.29, 1.82) is 0 Å². The van der Waals surface area contributed by atoms with Crippen LogP contribution in [-0.4, -0.2) is 69.7 Å². The highest BCUT2D eigenvalue weighted by molar-refractivity contribution is 7.90. The van der Waals surface area contributed by atoms with Crippen LogP contribution in [0.25, 0.3) is 0 Å². The van der Waals surface area contributed by atoms with Gasteiger partial charge in [0.25, 0.3) is 5.91 Å². The van der Waals surface area contributed by atoms with Crippen LogP contribution in [0.2, 0.25) is 0 Å². The van der Waals surface area contributed by atoms with E-state index in [1.807, 2.05) is 12.1 Å². The van der Waals surface area contributed by atoms with Crippen molar-refractivity contribution in [3.05, 3.63) is 59.7 Å². The minimum atomic E-state index is -3.27. The number of sulfone groups is 1. The average molecular weight is 471 g/mol. The summed E-state index contributed by atoms with van der Waals surface area (Å²) < 4.78 is 28.7. The zero-order valence-corrected chi connectivity index (χ0v) is 20.4. The fraction of sp³-hybridized carbons (Fsp3) is 0.500. The first-order valence-electron chi connectivity index (χ1n) is 11.8. The molecule has 1 heterocycles. The van der Waals surface area contributed by atoms with Crippen molar-refractivity contribution in [2.24, 2.45) is 5.92 Å². The molecule has 178 valence electrons. The van der Waals surface area contributed by atoms with Crippen molar-refractivity contribution in [2.75, 3.05) is 39.5 Å². The molecule has 1 aliphatic carbocycles. The fourth-order valence-electron chi connectivity index (χ4n) is 4.52. The molecule has 2 aromatic carbocycles. The van der Waals surface area contributed by atoms with Gasteiger partial charge in [0.2, 0.25) is 0 Å². The van der Waals surface area contributed by atoms with Crippen molar-refractivity contribution in [3.8, 4) is 5.75 Å². The third-order valence-corrected chi connectivity index (χ3v) is 7.94. The van der Waals surface area contributed by atoms with Crippen LogP contribution >= 0.6 is 0 Å². The normalized spacial score (nSPS) is 17.6. The Hall–Kier alpha value is -2.38. The van der Waals surface area contributed by atoms with Crippen LogP contribution in [0.4, 0.5) is 0 Å². The molecule has 0 radical (unpaired) electrons. The van der Waals surface area contributed by atoms with Gasteiger partial charge in [0.05, 0.1) is 12.0 Å². The quantitative estimate of drug-likeness (QED) is 0.560. The summed E-state index contributed by atoms with van der Waals surface area (Å²) in [5.41, 5.74) is 1.88. The molecule has 2 fully saturated rings. The van der Waals surface area contributed by atoms with Gasteiger partial charge in [0, 0.05) is 44.0 Å². The molecule has 0 bridgehead atoms. The van der Waals surface area contributed by atoms with Crippen LogP contribution < -0.4 is 4.74 Å². The fourth-order valence-corrected chi connectivity index (χ4v) is 5.15. The maximum atomic E-state index is 13.4. The second-order valence-corrected chi connectivity index (χ2v) is 11.4. The number of nitrogens with zero attached hydrogens (tertiary/aromatic N) is 2. The topological polar surface area (TPSA) is 66.9 Å². The number of rotatable bonds is 9. The molecule has 0 spiro atoms. The van der Waals surface area contributed by atoms with Gasteiger partial charge in [-0.15, -0.1) is 0 Å². The molecule has 2 aliphatic rings. The molecule has 0 atom stereocenters. The van der Waals surface area contributed by atoms with Crippen LogP contribution in [0.3, 0.4) is 0 Å². The number of amides is 1. The van der Waals surface area contributed by atoms with Gasteiger partial charge in [-0.05, 0) is 80.0 Å². The first kappa shape index (κ1) is 23.8. The van der Waals surface area contributed by atoms with Gasteiger partial charge in [-0.1, -0.05) is 12.1 Å². The Bertz CT molecular complexity index is 1040. The van der Waals surface area contributed by atoms with E-state index in [4.69, 9.17) is 4.74 Å². The lowest BCUT2D eigenvalue weighted by molar-refractivity contribution is 0.0560. The van der Waals surface area contributed by atoms with E-state index in [2.05, 4.69) is 21.9 Å². The predicted octanol–water partition coefficient (Wildman–Crippen LogP) is 3.66. The molecule has 0 unspecified atom stereocenters. The molecule has 1 saturated carbocycles. The number of piperidine rings is 1. The number of hydrogen-bond acceptors (Lipinski definition) is 5. The molecular formula is C26H34N2O4S. The van der Waals surface area contributed by atoms with Crippen LogP contribution in [0.1, 0.15) is 41.6 Å². The van der Waals surface area contributed by atoms with Gasteiger partial charge in [0.1, 0.15) is 5.75 Å². The van der Waals surface area contributed by atoms with Gasteiger partial charge >= 0.3 is 0 Å². The number of carbonyl (C=O) groups excluding carboxylic acids is 1. The number of benzene rings is 2. The number of likely N-dealkylation sites (tertiary alicyclic amines) is 1. The van der Waals surface area contributed by atoms with Crippen molar-refractivity contribution in [1.82, 2.24) is 9.80 Å². The second kappa shape index (κ2) is 10.3. The highest BCUT2D eigenvalue weighted by Gasteiger charge is 2.33. The summed E-state index contributed by atoms with van der Waals surface area (Å²) in [6.07, 6.45) is 6.53. The van der Waals surface area contributed by atoms with E-state index in [0.717, 1.165) is 51.2 Å². The molecule has 0 N–H and O–H groups in total. The van der Waals surface area contributed by atoms with Gasteiger partial charge in [-0.25, -0.2) is 8.42 Å². The predicted molar refractivity (Wildman–Crippen MR) is 129 cm³/mol. The third-order valence-electron chi connectivity index (χ3n) is 6.82. The standard InChI is InChI=1S/C26H34N2O4S/c1-32-24-9-5-20(6-10-24)13-16-27-17-14-23(15-18-27)28(19-21-3-4-21)26(29)22-7-11-25(12-8-22)33(2,30)31/h5-12,21,23H,3-4,13-19H2,1-2H3. The Morgan fingerprint density at radius 1 is 1.00 bits per heavy atom. The number of methoxy groups -OCH3 is 1. The summed E-state index contributed by atoms with van der Waals surface area (Å²) in [7, 11) is -1.59. The van der Waals surface area contributed by atoms with Crippen LogP contribution in [0, 0.1) is 5.92 Å². The van der Waals surface area contributed by atoms with E-state index in [-0.39, 0.29) is 16.8 Å². The number of hydrogen-bond donors (Lipinski definition) is 0. The molecule has 0 aromatic heterocycles. The van der Waals surface area contributed by atoms with Gasteiger partial charge in [0.15, 0.2) is 9.84 Å². The Morgan fingerprint density at radius 2 is 1.64 bits per heavy atom. The van der Waals surface area contributed by atoms with Crippen molar-refractivity contribution in [3.63, 3.8) is 0 Å². The molecule has 1 saturated heterocycles. The van der Waals surface area contributed by atoms with Crippen LogP contribution in [-0.2, 0) is 16.3 Å². The Morgan fingerprint density at radius 3 is 2.18 bits per heavy atom. The zero-order valence-electron chi connectivity index (χ0n) is 19.6. The van der Waals surface area contributed by atoms with E-state index in [9.17, 15) is 13.2 Å². The van der Waals surface area contributed by atoms with Crippen LogP contribution in [0.15, 0.2) is 53.4 Å². The molecule has 1 aliphatic heterocycles. The monoisotopic (exact) mass is 470 g/mol. The van der Waals surface area contributed by atoms with Gasteiger partial charge in [-0.2, -0.15) is 0 Å². The number of carbonyl (C=O) groups is 1. The van der Waals surface area contributed by atoms with Crippen molar-refractivity contribution in [2.45, 2.75) is 43.0 Å². The molecular weight excluding hydrogens is 436 g/mol. The highest BCUT2D eigenvalue weighted by Crippen LogP contribution is 2.32. The maximum Gasteiger partial charge on any atom is 0.254 e. The summed E-state index contributed by atoms with van der Waals surface area (Å²) >= 11 is 0. The summed E-state index contributed by atoms with van der Waals surface area (Å²) in [5.74, 6) is 1.52. The lowest BCUT2D eigenvalue weighted by Crippen LogP contribution is -2.48. The van der Waals surface area contributed by atoms with Gasteiger partial charge in [-0.3, -0.25) is 4.79 Å². The minimum Gasteiger partial charge on any atom is -0.497 e. The van der Waals surface area contributed by atoms with Crippen molar-refractivity contribution < 1.29 is 17.9 Å². The van der Waals surface area contributed by atoms with E-state index in [1.54, 1.807) is 31.4 Å². The summed E-state index contributed by atoms with van der Waals surface area (Å²) in [5, 5.41) is 0. The molecule has 33 heavy (non-hydrogen) atoms. The van der Waals surface area contributed by atoms with Crippen molar-refractivity contribution >= 4 is 15.7 Å². The van der Waals surface area contributed by atoms with E-state index in [0.29, 0.717) is 11.5 Å². The molecule has 6 nitrogen and oxygen atoms in total. The first-order chi connectivity index (χ1) is 15.8.